The Hall–Kier alpha value is -2.31. The smallest absolute Gasteiger partial charge is 0.241 e. The van der Waals surface area contributed by atoms with Crippen LogP contribution in [0.25, 0.3) is 0 Å². The summed E-state index contributed by atoms with van der Waals surface area (Å²) in [5, 5.41) is 6.49. The van der Waals surface area contributed by atoms with Crippen molar-refractivity contribution in [3.05, 3.63) is 29.6 Å². The summed E-state index contributed by atoms with van der Waals surface area (Å²) in [6, 6.07) is 4.89. The van der Waals surface area contributed by atoms with E-state index in [0.717, 1.165) is 12.8 Å². The number of rotatable bonds is 6. The summed E-state index contributed by atoms with van der Waals surface area (Å²) in [4.78, 5) is 17.9. The van der Waals surface area contributed by atoms with Gasteiger partial charge in [-0.05, 0) is 30.5 Å². The van der Waals surface area contributed by atoms with Crippen LogP contribution in [-0.2, 0) is 11.3 Å². The second kappa shape index (κ2) is 9.99. The molecular formula is C19H29FN4O2. The fraction of sp³-hybridized carbons (Fsp3) is 0.579. The van der Waals surface area contributed by atoms with E-state index in [1.807, 2.05) is 0 Å². The monoisotopic (exact) mass is 364 g/mol. The molecule has 1 aromatic rings. The Labute approximate surface area is 154 Å². The van der Waals surface area contributed by atoms with Gasteiger partial charge in [0, 0.05) is 26.2 Å². The van der Waals surface area contributed by atoms with Crippen LogP contribution < -0.4 is 15.4 Å². The number of aliphatic imine (C=N–C) groups is 1. The molecule has 0 spiro atoms. The molecule has 2 N–H and O–H groups in total. The molecule has 0 aliphatic heterocycles. The summed E-state index contributed by atoms with van der Waals surface area (Å²) in [5.41, 5.74) is 0.713. The number of nitrogens with one attached hydrogen (secondary N) is 2. The van der Waals surface area contributed by atoms with Gasteiger partial charge in [-0.1, -0.05) is 19.3 Å². The van der Waals surface area contributed by atoms with Crippen molar-refractivity contribution in [1.29, 1.82) is 0 Å². The second-order valence-corrected chi connectivity index (χ2v) is 6.79. The van der Waals surface area contributed by atoms with Crippen LogP contribution in [0.2, 0.25) is 0 Å². The Balaban J connectivity index is 2.06. The molecule has 0 aromatic heterocycles. The van der Waals surface area contributed by atoms with Gasteiger partial charge in [-0.25, -0.2) is 9.38 Å². The maximum atomic E-state index is 13.6. The lowest BCUT2D eigenvalue weighted by molar-refractivity contribution is -0.127. The van der Waals surface area contributed by atoms with Gasteiger partial charge in [-0.15, -0.1) is 0 Å². The molecule has 144 valence electrons. The maximum Gasteiger partial charge on any atom is 0.241 e. The molecule has 0 heterocycles. The molecule has 1 amide bonds. The minimum atomic E-state index is -0.355. The standard InChI is InChI=1S/C19H29FN4O2/c1-24(2)18(25)13-22-19(23-16-7-5-4-6-8-16)21-12-14-9-15(20)11-17(10-14)26-3/h9-11,16H,4-8,12-13H2,1-3H3,(H2,21,22,23). The van der Waals surface area contributed by atoms with E-state index in [2.05, 4.69) is 15.6 Å². The van der Waals surface area contributed by atoms with Crippen LogP contribution in [-0.4, -0.2) is 50.6 Å². The van der Waals surface area contributed by atoms with Crippen LogP contribution in [0.3, 0.4) is 0 Å². The van der Waals surface area contributed by atoms with Crippen LogP contribution in [0.1, 0.15) is 37.7 Å². The third kappa shape index (κ3) is 6.54. The molecule has 0 atom stereocenters. The molecule has 1 aromatic carbocycles. The van der Waals surface area contributed by atoms with Gasteiger partial charge in [-0.2, -0.15) is 0 Å². The van der Waals surface area contributed by atoms with E-state index < -0.39 is 0 Å². The van der Waals surface area contributed by atoms with E-state index in [1.54, 1.807) is 20.2 Å². The van der Waals surface area contributed by atoms with Crippen LogP contribution in [0, 0.1) is 5.82 Å². The predicted octanol–water partition coefficient (Wildman–Crippen LogP) is 2.29. The van der Waals surface area contributed by atoms with Gasteiger partial charge in [-0.3, -0.25) is 4.79 Å². The summed E-state index contributed by atoms with van der Waals surface area (Å²) < 4.78 is 18.7. The highest BCUT2D eigenvalue weighted by Gasteiger charge is 2.15. The molecule has 0 bridgehead atoms. The minimum absolute atomic E-state index is 0.0319. The third-order valence-electron chi connectivity index (χ3n) is 4.44. The van der Waals surface area contributed by atoms with Crippen molar-refractivity contribution in [2.24, 2.45) is 4.99 Å². The number of hydrogen-bond acceptors (Lipinski definition) is 3. The van der Waals surface area contributed by atoms with E-state index in [1.165, 1.54) is 43.4 Å². The van der Waals surface area contributed by atoms with Crippen molar-refractivity contribution < 1.29 is 13.9 Å². The number of benzene rings is 1. The van der Waals surface area contributed by atoms with Crippen LogP contribution >= 0.6 is 0 Å². The number of likely N-dealkylation sites (N-methyl/N-ethyl adjacent to an activating group) is 1. The first kappa shape index (κ1) is 20.0. The highest BCUT2D eigenvalue weighted by atomic mass is 19.1. The second-order valence-electron chi connectivity index (χ2n) is 6.79. The number of amides is 1. The molecule has 0 saturated heterocycles. The summed E-state index contributed by atoms with van der Waals surface area (Å²) >= 11 is 0. The number of halogens is 1. The molecule has 1 aliphatic carbocycles. The number of carbonyl (C=O) groups is 1. The zero-order chi connectivity index (χ0) is 18.9. The molecule has 1 saturated carbocycles. The Bertz CT molecular complexity index is 628. The molecule has 0 unspecified atom stereocenters. The maximum absolute atomic E-state index is 13.6. The predicted molar refractivity (Wildman–Crippen MR) is 101 cm³/mol. The van der Waals surface area contributed by atoms with Gasteiger partial charge in [0.2, 0.25) is 5.91 Å². The lowest BCUT2D eigenvalue weighted by Crippen LogP contribution is -2.47. The van der Waals surface area contributed by atoms with E-state index in [9.17, 15) is 9.18 Å². The van der Waals surface area contributed by atoms with Crippen molar-refractivity contribution in [2.45, 2.75) is 44.7 Å². The first-order valence-corrected chi connectivity index (χ1v) is 9.06. The fourth-order valence-electron chi connectivity index (χ4n) is 2.91. The first-order valence-electron chi connectivity index (χ1n) is 9.06. The summed E-state index contributed by atoms with van der Waals surface area (Å²) in [6.07, 6.45) is 5.85. The quantitative estimate of drug-likeness (QED) is 0.600. The zero-order valence-electron chi connectivity index (χ0n) is 15.8. The Morgan fingerprint density at radius 3 is 2.65 bits per heavy atom. The normalized spacial score (nSPS) is 15.5. The average Bonchev–Trinajstić information content (AvgIpc) is 2.63. The molecule has 6 nitrogen and oxygen atoms in total. The van der Waals surface area contributed by atoms with Gasteiger partial charge < -0.3 is 20.3 Å². The number of nitrogens with zero attached hydrogens (tertiary/aromatic N) is 2. The Kier molecular flexibility index (Phi) is 7.69. The first-order chi connectivity index (χ1) is 12.5. The Morgan fingerprint density at radius 2 is 2.00 bits per heavy atom. The summed E-state index contributed by atoms with van der Waals surface area (Å²) in [5.74, 6) is 0.658. The number of carbonyl (C=O) groups excluding carboxylic acids is 1. The molecule has 1 fully saturated rings. The Morgan fingerprint density at radius 1 is 1.27 bits per heavy atom. The van der Waals surface area contributed by atoms with Crippen molar-refractivity contribution in [2.75, 3.05) is 27.7 Å². The molecule has 7 heteroatoms. The SMILES string of the molecule is COc1cc(F)cc(CN=C(NCC(=O)N(C)C)NC2CCCCC2)c1. The van der Waals surface area contributed by atoms with Crippen LogP contribution in [0.15, 0.2) is 23.2 Å². The van der Waals surface area contributed by atoms with Crippen LogP contribution in [0.4, 0.5) is 4.39 Å². The average molecular weight is 364 g/mol. The van der Waals surface area contributed by atoms with E-state index >= 15 is 0 Å². The fourth-order valence-corrected chi connectivity index (χ4v) is 2.91. The zero-order valence-corrected chi connectivity index (χ0v) is 15.8. The largest absolute Gasteiger partial charge is 0.497 e. The van der Waals surface area contributed by atoms with Crippen LogP contribution in [0.5, 0.6) is 5.75 Å². The van der Waals surface area contributed by atoms with Gasteiger partial charge in [0.05, 0.1) is 20.2 Å². The number of ether oxygens (including phenoxy) is 1. The van der Waals surface area contributed by atoms with Crippen molar-refractivity contribution in [1.82, 2.24) is 15.5 Å². The lowest BCUT2D eigenvalue weighted by atomic mass is 9.96. The van der Waals surface area contributed by atoms with Gasteiger partial charge in [0.25, 0.3) is 0 Å². The van der Waals surface area contributed by atoms with Crippen molar-refractivity contribution in [3.63, 3.8) is 0 Å². The highest BCUT2D eigenvalue weighted by Crippen LogP contribution is 2.18. The lowest BCUT2D eigenvalue weighted by Gasteiger charge is -2.25. The topological polar surface area (TPSA) is 66.0 Å². The van der Waals surface area contributed by atoms with Gasteiger partial charge in [0.1, 0.15) is 11.6 Å². The molecular weight excluding hydrogens is 335 g/mol. The molecule has 1 aliphatic rings. The van der Waals surface area contributed by atoms with Gasteiger partial charge >= 0.3 is 0 Å². The summed E-state index contributed by atoms with van der Waals surface area (Å²) in [7, 11) is 4.94. The molecule has 2 rings (SSSR count). The van der Waals surface area contributed by atoms with E-state index in [-0.39, 0.29) is 18.3 Å². The van der Waals surface area contributed by atoms with Gasteiger partial charge in [0.15, 0.2) is 5.96 Å². The minimum Gasteiger partial charge on any atom is -0.497 e. The third-order valence-corrected chi connectivity index (χ3v) is 4.44. The number of methoxy groups -OCH3 is 1. The number of guanidine groups is 1. The number of hydrogen-bond donors (Lipinski definition) is 2. The van der Waals surface area contributed by atoms with E-state index in [4.69, 9.17) is 4.74 Å². The van der Waals surface area contributed by atoms with Crippen molar-refractivity contribution in [3.8, 4) is 5.75 Å². The van der Waals surface area contributed by atoms with E-state index in [0.29, 0.717) is 29.9 Å². The molecule has 0 radical (unpaired) electrons. The molecule has 26 heavy (non-hydrogen) atoms. The van der Waals surface area contributed by atoms with Crippen molar-refractivity contribution >= 4 is 11.9 Å². The highest BCUT2D eigenvalue weighted by molar-refractivity contribution is 5.86. The summed E-state index contributed by atoms with van der Waals surface area (Å²) in [6.45, 7) is 0.463.